The van der Waals surface area contributed by atoms with Crippen molar-refractivity contribution >= 4 is 15.5 Å². The van der Waals surface area contributed by atoms with Crippen LogP contribution in [0.3, 0.4) is 0 Å². The van der Waals surface area contributed by atoms with E-state index in [4.69, 9.17) is 0 Å². The van der Waals surface area contributed by atoms with E-state index in [9.17, 15) is 13.7 Å². The molecule has 0 aliphatic rings. The summed E-state index contributed by atoms with van der Waals surface area (Å²) in [5.41, 5.74) is 3.56. The molecule has 0 fully saturated rings. The molecular weight excluding hydrogens is 336 g/mol. The van der Waals surface area contributed by atoms with Gasteiger partial charge in [0.15, 0.2) is 15.5 Å². The SMILES string of the molecule is CNc1ccc(-n2nc(C#N)cc2-c2ccc(S(C)(=O)=O)cc2)cc1. The number of nitrogens with one attached hydrogen (secondary N) is 1. The number of hydrogen-bond donors (Lipinski definition) is 1. The molecule has 1 heterocycles. The second-order valence-corrected chi connectivity index (χ2v) is 7.55. The zero-order chi connectivity index (χ0) is 18.0. The van der Waals surface area contributed by atoms with E-state index in [1.807, 2.05) is 37.4 Å². The van der Waals surface area contributed by atoms with Gasteiger partial charge in [0, 0.05) is 30.6 Å². The Morgan fingerprint density at radius 3 is 2.24 bits per heavy atom. The van der Waals surface area contributed by atoms with Gasteiger partial charge < -0.3 is 5.32 Å². The fourth-order valence-corrected chi connectivity index (χ4v) is 3.11. The van der Waals surface area contributed by atoms with E-state index < -0.39 is 9.84 Å². The first-order valence-corrected chi connectivity index (χ1v) is 9.40. The molecule has 1 N–H and O–H groups in total. The molecule has 0 aliphatic heterocycles. The average molecular weight is 352 g/mol. The molecule has 7 heteroatoms. The van der Waals surface area contributed by atoms with E-state index in [2.05, 4.69) is 10.4 Å². The number of nitrogens with zero attached hydrogens (tertiary/aromatic N) is 3. The summed E-state index contributed by atoms with van der Waals surface area (Å²) in [7, 11) is -1.41. The highest BCUT2D eigenvalue weighted by atomic mass is 32.2. The lowest BCUT2D eigenvalue weighted by atomic mass is 10.1. The molecule has 0 saturated heterocycles. The minimum atomic E-state index is -3.25. The number of hydrogen-bond acceptors (Lipinski definition) is 5. The third-order valence-corrected chi connectivity index (χ3v) is 4.93. The number of aromatic nitrogens is 2. The predicted octanol–water partition coefficient (Wildman–Crippen LogP) is 2.86. The average Bonchev–Trinajstić information content (AvgIpc) is 3.05. The van der Waals surface area contributed by atoms with Crippen molar-refractivity contribution in [2.24, 2.45) is 0 Å². The van der Waals surface area contributed by atoms with E-state index in [1.54, 1.807) is 35.0 Å². The van der Waals surface area contributed by atoms with Crippen LogP contribution < -0.4 is 5.32 Å². The Kier molecular flexibility index (Phi) is 4.30. The quantitative estimate of drug-likeness (QED) is 0.780. The van der Waals surface area contributed by atoms with Crippen molar-refractivity contribution in [2.75, 3.05) is 18.6 Å². The molecular formula is C18H16N4O2S. The molecule has 0 atom stereocenters. The van der Waals surface area contributed by atoms with Gasteiger partial charge in [0.1, 0.15) is 6.07 Å². The highest BCUT2D eigenvalue weighted by Crippen LogP contribution is 2.26. The highest BCUT2D eigenvalue weighted by molar-refractivity contribution is 7.90. The van der Waals surface area contributed by atoms with Gasteiger partial charge in [-0.25, -0.2) is 13.1 Å². The molecule has 0 radical (unpaired) electrons. The van der Waals surface area contributed by atoms with Gasteiger partial charge in [0.2, 0.25) is 0 Å². The van der Waals surface area contributed by atoms with Crippen molar-refractivity contribution in [3.8, 4) is 23.0 Å². The summed E-state index contributed by atoms with van der Waals surface area (Å²) in [5, 5.41) is 16.6. The third kappa shape index (κ3) is 3.39. The first-order chi connectivity index (χ1) is 11.9. The van der Waals surface area contributed by atoms with E-state index in [0.717, 1.165) is 16.9 Å². The fourth-order valence-electron chi connectivity index (χ4n) is 2.48. The van der Waals surface area contributed by atoms with Crippen molar-refractivity contribution in [1.82, 2.24) is 9.78 Å². The maximum atomic E-state index is 11.6. The summed E-state index contributed by atoms with van der Waals surface area (Å²) >= 11 is 0. The molecule has 0 spiro atoms. The molecule has 25 heavy (non-hydrogen) atoms. The summed E-state index contributed by atoms with van der Waals surface area (Å²) in [6, 6.07) is 17.9. The standard InChI is InChI=1S/C18H16N4O2S/c1-20-14-5-7-16(8-6-14)22-18(11-15(12-19)21-22)13-3-9-17(10-4-13)25(2,23)24/h3-11,20H,1-2H3. The van der Waals surface area contributed by atoms with E-state index in [-0.39, 0.29) is 4.90 Å². The van der Waals surface area contributed by atoms with Crippen LogP contribution >= 0.6 is 0 Å². The monoisotopic (exact) mass is 352 g/mol. The Hall–Kier alpha value is -3.11. The Morgan fingerprint density at radius 1 is 1.08 bits per heavy atom. The van der Waals surface area contributed by atoms with Gasteiger partial charge in [-0.15, -0.1) is 0 Å². The Bertz CT molecular complexity index is 1040. The first-order valence-electron chi connectivity index (χ1n) is 7.51. The maximum absolute atomic E-state index is 11.6. The number of rotatable bonds is 4. The molecule has 0 bridgehead atoms. The third-order valence-electron chi connectivity index (χ3n) is 3.80. The second kappa shape index (κ2) is 6.42. The normalized spacial score (nSPS) is 11.1. The number of sulfone groups is 1. The number of nitriles is 1. The Labute approximate surface area is 146 Å². The van der Waals surface area contributed by atoms with Crippen LogP contribution in [0.1, 0.15) is 5.69 Å². The highest BCUT2D eigenvalue weighted by Gasteiger charge is 2.13. The van der Waals surface area contributed by atoms with Crippen molar-refractivity contribution in [2.45, 2.75) is 4.90 Å². The smallest absolute Gasteiger partial charge is 0.175 e. The molecule has 0 saturated carbocycles. The number of benzene rings is 2. The zero-order valence-corrected chi connectivity index (χ0v) is 14.6. The molecule has 1 aromatic heterocycles. The van der Waals surface area contributed by atoms with Crippen LogP contribution in [0.4, 0.5) is 5.69 Å². The molecule has 2 aromatic carbocycles. The van der Waals surface area contributed by atoms with Gasteiger partial charge in [0.25, 0.3) is 0 Å². The van der Waals surface area contributed by atoms with Gasteiger partial charge in [-0.1, -0.05) is 12.1 Å². The largest absolute Gasteiger partial charge is 0.388 e. The van der Waals surface area contributed by atoms with Crippen LogP contribution in [0.25, 0.3) is 16.9 Å². The lowest BCUT2D eigenvalue weighted by molar-refractivity contribution is 0.602. The lowest BCUT2D eigenvalue weighted by Gasteiger charge is -2.09. The molecule has 3 rings (SSSR count). The van der Waals surface area contributed by atoms with Gasteiger partial charge in [0.05, 0.1) is 16.3 Å². The molecule has 0 aliphatic carbocycles. The van der Waals surface area contributed by atoms with Crippen LogP contribution in [-0.2, 0) is 9.84 Å². The summed E-state index contributed by atoms with van der Waals surface area (Å²) in [6.07, 6.45) is 1.17. The summed E-state index contributed by atoms with van der Waals surface area (Å²) in [5.74, 6) is 0. The lowest BCUT2D eigenvalue weighted by Crippen LogP contribution is -2.00. The van der Waals surface area contributed by atoms with Crippen LogP contribution in [0, 0.1) is 11.3 Å². The minimum absolute atomic E-state index is 0.251. The Balaban J connectivity index is 2.10. The fraction of sp³-hybridized carbons (Fsp3) is 0.111. The van der Waals surface area contributed by atoms with Crippen molar-refractivity contribution in [3.05, 3.63) is 60.3 Å². The number of anilines is 1. The van der Waals surface area contributed by atoms with Crippen molar-refractivity contribution < 1.29 is 8.42 Å². The molecule has 6 nitrogen and oxygen atoms in total. The maximum Gasteiger partial charge on any atom is 0.175 e. The van der Waals surface area contributed by atoms with Gasteiger partial charge in [-0.3, -0.25) is 0 Å². The predicted molar refractivity (Wildman–Crippen MR) is 96.4 cm³/mol. The van der Waals surface area contributed by atoms with Crippen molar-refractivity contribution in [3.63, 3.8) is 0 Å². The van der Waals surface area contributed by atoms with Gasteiger partial charge in [-0.05, 0) is 36.4 Å². The summed E-state index contributed by atoms with van der Waals surface area (Å²) in [6.45, 7) is 0. The van der Waals surface area contributed by atoms with Crippen LogP contribution in [0.15, 0.2) is 59.5 Å². The van der Waals surface area contributed by atoms with E-state index in [0.29, 0.717) is 11.4 Å². The van der Waals surface area contributed by atoms with Gasteiger partial charge >= 0.3 is 0 Å². The molecule has 0 amide bonds. The van der Waals surface area contributed by atoms with Crippen molar-refractivity contribution in [1.29, 1.82) is 5.26 Å². The van der Waals surface area contributed by atoms with Crippen LogP contribution in [0.2, 0.25) is 0 Å². The first kappa shape index (κ1) is 16.7. The Morgan fingerprint density at radius 2 is 1.72 bits per heavy atom. The molecule has 0 unspecified atom stereocenters. The second-order valence-electron chi connectivity index (χ2n) is 5.53. The molecule has 126 valence electrons. The van der Waals surface area contributed by atoms with Crippen LogP contribution in [-0.4, -0.2) is 31.5 Å². The topological polar surface area (TPSA) is 87.8 Å². The summed E-state index contributed by atoms with van der Waals surface area (Å²) in [4.78, 5) is 0.251. The van der Waals surface area contributed by atoms with Crippen LogP contribution in [0.5, 0.6) is 0 Å². The minimum Gasteiger partial charge on any atom is -0.388 e. The zero-order valence-electron chi connectivity index (χ0n) is 13.8. The summed E-state index contributed by atoms with van der Waals surface area (Å²) < 4.78 is 24.9. The molecule has 3 aromatic rings. The van der Waals surface area contributed by atoms with E-state index >= 15 is 0 Å². The van der Waals surface area contributed by atoms with E-state index in [1.165, 1.54) is 6.26 Å². The van der Waals surface area contributed by atoms with Gasteiger partial charge in [-0.2, -0.15) is 10.4 Å².